The van der Waals surface area contributed by atoms with Crippen molar-refractivity contribution in [2.45, 2.75) is 6.92 Å². The Morgan fingerprint density at radius 2 is 1.82 bits per heavy atom. The first kappa shape index (κ1) is 23.9. The number of hydrogen-bond acceptors (Lipinski definition) is 4. The molecule has 3 rings (SSSR count). The van der Waals surface area contributed by atoms with Gasteiger partial charge in [0.05, 0.1) is 15.5 Å². The van der Waals surface area contributed by atoms with E-state index in [1.54, 1.807) is 25.1 Å². The summed E-state index contributed by atoms with van der Waals surface area (Å²) in [6, 6.07) is 13.6. The Hall–Kier alpha value is -3.75. The summed E-state index contributed by atoms with van der Waals surface area (Å²) in [4.78, 5) is 36.3. The van der Waals surface area contributed by atoms with E-state index in [2.05, 4.69) is 10.6 Å². The molecule has 7 nitrogen and oxygen atoms in total. The Bertz CT molecular complexity index is 1290. The molecule has 0 saturated heterocycles. The maximum Gasteiger partial charge on any atom is 0.272 e. The molecule has 168 valence electrons. The third kappa shape index (κ3) is 6.15. The van der Waals surface area contributed by atoms with E-state index in [-0.39, 0.29) is 22.0 Å². The molecule has 2 N–H and O–H groups in total. The fourth-order valence-electron chi connectivity index (χ4n) is 2.84. The highest BCUT2D eigenvalue weighted by Gasteiger charge is 2.18. The molecule has 0 unspecified atom stereocenters. The molecular weight excluding hydrogens is 472 g/mol. The number of carbonyl (C=O) groups excluding carboxylic acids is 2. The van der Waals surface area contributed by atoms with E-state index >= 15 is 0 Å². The van der Waals surface area contributed by atoms with Gasteiger partial charge in [0.25, 0.3) is 17.5 Å². The van der Waals surface area contributed by atoms with Gasteiger partial charge in [0, 0.05) is 22.8 Å². The van der Waals surface area contributed by atoms with Crippen molar-refractivity contribution in [3.8, 4) is 0 Å². The van der Waals surface area contributed by atoms with Gasteiger partial charge < -0.3 is 10.6 Å². The highest BCUT2D eigenvalue weighted by atomic mass is 35.5. The van der Waals surface area contributed by atoms with Gasteiger partial charge in [-0.1, -0.05) is 41.4 Å². The third-order valence-corrected chi connectivity index (χ3v) is 5.06. The summed E-state index contributed by atoms with van der Waals surface area (Å²) < 4.78 is 13.3. The van der Waals surface area contributed by atoms with Gasteiger partial charge in [0.15, 0.2) is 0 Å². The molecule has 0 aromatic heterocycles. The van der Waals surface area contributed by atoms with Gasteiger partial charge in [0.2, 0.25) is 0 Å². The normalized spacial score (nSPS) is 11.1. The van der Waals surface area contributed by atoms with Crippen LogP contribution in [-0.4, -0.2) is 16.7 Å². The van der Waals surface area contributed by atoms with E-state index in [1.165, 1.54) is 36.4 Å². The average molecular weight is 488 g/mol. The molecule has 0 saturated carbocycles. The van der Waals surface area contributed by atoms with E-state index in [4.69, 9.17) is 23.2 Å². The van der Waals surface area contributed by atoms with Crippen molar-refractivity contribution in [1.82, 2.24) is 5.32 Å². The van der Waals surface area contributed by atoms with Crippen LogP contribution in [0.5, 0.6) is 0 Å². The fourth-order valence-corrected chi connectivity index (χ4v) is 3.26. The number of aryl methyl sites for hydroxylation is 1. The van der Waals surface area contributed by atoms with Crippen LogP contribution in [0.1, 0.15) is 21.5 Å². The SMILES string of the molecule is Cc1ccc(Cl)cc1NC(=O)/C(=C/c1cccc([N+](=O)[O-])c1)NC(=O)c1ccc(F)cc1Cl. The van der Waals surface area contributed by atoms with E-state index in [1.807, 2.05) is 0 Å². The molecule has 0 spiro atoms. The monoisotopic (exact) mass is 487 g/mol. The van der Waals surface area contributed by atoms with Crippen molar-refractivity contribution < 1.29 is 18.9 Å². The van der Waals surface area contributed by atoms with Gasteiger partial charge in [-0.2, -0.15) is 0 Å². The van der Waals surface area contributed by atoms with Crippen molar-refractivity contribution in [2.75, 3.05) is 5.32 Å². The Balaban J connectivity index is 1.99. The lowest BCUT2D eigenvalue weighted by Crippen LogP contribution is -2.31. The van der Waals surface area contributed by atoms with Crippen LogP contribution < -0.4 is 10.6 Å². The second kappa shape index (κ2) is 10.2. The number of benzene rings is 3. The number of halogens is 3. The maximum absolute atomic E-state index is 13.3. The van der Waals surface area contributed by atoms with Crippen LogP contribution >= 0.6 is 23.2 Å². The van der Waals surface area contributed by atoms with Gasteiger partial charge in [-0.25, -0.2) is 4.39 Å². The molecule has 0 aliphatic heterocycles. The smallest absolute Gasteiger partial charge is 0.272 e. The van der Waals surface area contributed by atoms with Crippen LogP contribution in [0, 0.1) is 22.9 Å². The lowest BCUT2D eigenvalue weighted by molar-refractivity contribution is -0.384. The van der Waals surface area contributed by atoms with E-state index in [0.29, 0.717) is 16.3 Å². The van der Waals surface area contributed by atoms with Gasteiger partial charge in [-0.3, -0.25) is 19.7 Å². The molecule has 0 heterocycles. The summed E-state index contributed by atoms with van der Waals surface area (Å²) in [5.74, 6) is -2.11. The quantitative estimate of drug-likeness (QED) is 0.262. The fraction of sp³-hybridized carbons (Fsp3) is 0.0435. The van der Waals surface area contributed by atoms with Crippen molar-refractivity contribution >= 4 is 52.5 Å². The molecule has 0 radical (unpaired) electrons. The van der Waals surface area contributed by atoms with Crippen molar-refractivity contribution in [3.63, 3.8) is 0 Å². The molecule has 0 aliphatic carbocycles. The number of non-ortho nitro benzene ring substituents is 1. The van der Waals surface area contributed by atoms with Crippen LogP contribution in [0.3, 0.4) is 0 Å². The van der Waals surface area contributed by atoms with Gasteiger partial charge in [0.1, 0.15) is 11.5 Å². The average Bonchev–Trinajstić information content (AvgIpc) is 2.75. The first-order valence-corrected chi connectivity index (χ1v) is 10.2. The minimum absolute atomic E-state index is 0.0604. The number of carbonyl (C=O) groups is 2. The standard InChI is InChI=1S/C23H16Cl2FN3O4/c1-13-5-6-15(24)11-20(13)27-23(31)21(10-14-3-2-4-17(9-14)29(32)33)28-22(30)18-8-7-16(26)12-19(18)25/h2-12H,1H3,(H,27,31)(H,28,30)/b21-10-. The second-order valence-corrected chi connectivity index (χ2v) is 7.75. The predicted molar refractivity (Wildman–Crippen MR) is 125 cm³/mol. The summed E-state index contributed by atoms with van der Waals surface area (Å²) in [6.45, 7) is 1.76. The van der Waals surface area contributed by atoms with E-state index in [9.17, 15) is 24.1 Å². The summed E-state index contributed by atoms with van der Waals surface area (Å²) in [5.41, 5.74) is 0.946. The molecule has 0 atom stereocenters. The minimum Gasteiger partial charge on any atom is -0.320 e. The molecule has 33 heavy (non-hydrogen) atoms. The Morgan fingerprint density at radius 3 is 2.52 bits per heavy atom. The maximum atomic E-state index is 13.3. The summed E-state index contributed by atoms with van der Waals surface area (Å²) in [5, 5.41) is 16.4. The molecule has 0 fully saturated rings. The Kier molecular flexibility index (Phi) is 7.42. The zero-order chi connectivity index (χ0) is 24.1. The van der Waals surface area contributed by atoms with Crippen molar-refractivity contribution in [1.29, 1.82) is 0 Å². The predicted octanol–water partition coefficient (Wildman–Crippen LogP) is 5.76. The van der Waals surface area contributed by atoms with Crippen LogP contribution in [0.4, 0.5) is 15.8 Å². The summed E-state index contributed by atoms with van der Waals surface area (Å²) >= 11 is 12.0. The summed E-state index contributed by atoms with van der Waals surface area (Å²) in [6.07, 6.45) is 1.28. The number of nitrogens with one attached hydrogen (secondary N) is 2. The molecule has 2 amide bonds. The number of nitro benzene ring substituents is 1. The van der Waals surface area contributed by atoms with E-state index in [0.717, 1.165) is 17.7 Å². The Labute approximate surface area is 198 Å². The van der Waals surface area contributed by atoms with Gasteiger partial charge in [-0.05, 0) is 54.5 Å². The molecule has 10 heteroatoms. The first-order valence-electron chi connectivity index (χ1n) is 9.44. The minimum atomic E-state index is -0.769. The van der Waals surface area contributed by atoms with Gasteiger partial charge in [-0.15, -0.1) is 0 Å². The Morgan fingerprint density at radius 1 is 1.06 bits per heavy atom. The number of hydrogen-bond donors (Lipinski definition) is 2. The van der Waals surface area contributed by atoms with Crippen LogP contribution in [0.25, 0.3) is 6.08 Å². The second-order valence-electron chi connectivity index (χ2n) is 6.90. The highest BCUT2D eigenvalue weighted by Crippen LogP contribution is 2.22. The highest BCUT2D eigenvalue weighted by molar-refractivity contribution is 6.34. The lowest BCUT2D eigenvalue weighted by Gasteiger charge is -2.13. The van der Waals surface area contributed by atoms with E-state index < -0.39 is 22.6 Å². The summed E-state index contributed by atoms with van der Waals surface area (Å²) in [7, 11) is 0. The molecular formula is C23H16Cl2FN3O4. The van der Waals surface area contributed by atoms with Crippen molar-refractivity contribution in [2.24, 2.45) is 0 Å². The van der Waals surface area contributed by atoms with Crippen LogP contribution in [0.15, 0.2) is 66.4 Å². The molecule has 0 aliphatic rings. The largest absolute Gasteiger partial charge is 0.320 e. The number of nitro groups is 1. The number of nitrogens with zero attached hydrogens (tertiary/aromatic N) is 1. The third-order valence-electron chi connectivity index (χ3n) is 4.51. The topological polar surface area (TPSA) is 101 Å². The number of amides is 2. The van der Waals surface area contributed by atoms with Crippen molar-refractivity contribution in [3.05, 3.63) is 109 Å². The lowest BCUT2D eigenvalue weighted by atomic mass is 10.1. The van der Waals surface area contributed by atoms with Crippen LogP contribution in [0.2, 0.25) is 10.0 Å². The number of anilines is 1. The molecule has 3 aromatic carbocycles. The first-order chi connectivity index (χ1) is 15.6. The number of rotatable bonds is 6. The molecule has 3 aromatic rings. The zero-order valence-corrected chi connectivity index (χ0v) is 18.6. The van der Waals surface area contributed by atoms with Crippen LogP contribution in [-0.2, 0) is 4.79 Å². The molecule has 0 bridgehead atoms. The van der Waals surface area contributed by atoms with Gasteiger partial charge >= 0.3 is 0 Å². The zero-order valence-electron chi connectivity index (χ0n) is 17.1.